The number of esters is 1. The van der Waals surface area contributed by atoms with Crippen LogP contribution in [-0.2, 0) is 14.3 Å². The highest BCUT2D eigenvalue weighted by molar-refractivity contribution is 6.30. The molecule has 1 fully saturated rings. The molecule has 2 aromatic carbocycles. The molecule has 2 unspecified atom stereocenters. The van der Waals surface area contributed by atoms with Gasteiger partial charge in [0, 0.05) is 16.0 Å². The largest absolute Gasteiger partial charge is 0.464 e. The molecule has 1 aliphatic rings. The van der Waals surface area contributed by atoms with Crippen LogP contribution in [0.2, 0.25) is 10.0 Å². The quantitative estimate of drug-likeness (QED) is 0.200. The molecule has 4 nitrogen and oxygen atoms in total. The summed E-state index contributed by atoms with van der Waals surface area (Å²) in [6.45, 7) is 8.15. The Balaban J connectivity index is 0.000000497. The topological polar surface area (TPSA) is 46.6 Å². The van der Waals surface area contributed by atoms with Gasteiger partial charge in [0.15, 0.2) is 0 Å². The van der Waals surface area contributed by atoms with E-state index in [2.05, 4.69) is 13.5 Å². The molecule has 0 aromatic heterocycles. The highest BCUT2D eigenvalue weighted by atomic mass is 35.5. The average Bonchev–Trinajstić information content (AvgIpc) is 2.84. The van der Waals surface area contributed by atoms with Crippen molar-refractivity contribution in [2.75, 3.05) is 6.61 Å². The lowest BCUT2D eigenvalue weighted by atomic mass is 9.85. The highest BCUT2D eigenvalue weighted by Crippen LogP contribution is 2.38. The Labute approximate surface area is 213 Å². The van der Waals surface area contributed by atoms with Crippen LogP contribution >= 0.6 is 23.2 Å². The standard InChI is InChI=1S/C22H30ClNO3.C6H5Cl/c1-4-7-15-27-22(26)19(6-3)24-20(16-9-12-18(23)13-10-16)14-11-17(8-5-2)21(24)25;7-6-4-2-1-3-5-6/h5,9-10,12-13,17,19-20H,2,4,6-8,11,14-15H2,1,3H3;1-5H/t17-,19?,20?;/m0./s1. The van der Waals surface area contributed by atoms with Crippen molar-refractivity contribution in [3.8, 4) is 0 Å². The van der Waals surface area contributed by atoms with Gasteiger partial charge in [-0.05, 0) is 61.9 Å². The van der Waals surface area contributed by atoms with Crippen molar-refractivity contribution in [2.24, 2.45) is 5.92 Å². The van der Waals surface area contributed by atoms with E-state index < -0.39 is 6.04 Å². The number of hydrogen-bond donors (Lipinski definition) is 0. The lowest BCUT2D eigenvalue weighted by Crippen LogP contribution is -2.52. The van der Waals surface area contributed by atoms with Crippen LogP contribution in [-0.4, -0.2) is 29.4 Å². The Bertz CT molecular complexity index is 902. The number of ether oxygens (including phenoxy) is 1. The van der Waals surface area contributed by atoms with E-state index >= 15 is 0 Å². The summed E-state index contributed by atoms with van der Waals surface area (Å²) in [5.74, 6) is -0.415. The maximum atomic E-state index is 13.2. The fraction of sp³-hybridized carbons (Fsp3) is 0.429. The molecular formula is C28H35Cl2NO3. The Morgan fingerprint density at radius 2 is 1.74 bits per heavy atom. The van der Waals surface area contributed by atoms with Gasteiger partial charge in [-0.15, -0.1) is 6.58 Å². The predicted octanol–water partition coefficient (Wildman–Crippen LogP) is 7.66. The van der Waals surface area contributed by atoms with Gasteiger partial charge in [-0.2, -0.15) is 0 Å². The summed E-state index contributed by atoms with van der Waals surface area (Å²) in [4.78, 5) is 27.7. The average molecular weight is 504 g/mol. The zero-order chi connectivity index (χ0) is 24.9. The van der Waals surface area contributed by atoms with Crippen LogP contribution in [0.4, 0.5) is 0 Å². The van der Waals surface area contributed by atoms with Gasteiger partial charge in [0.2, 0.25) is 5.91 Å². The number of amides is 1. The van der Waals surface area contributed by atoms with Crippen molar-refractivity contribution in [2.45, 2.75) is 64.5 Å². The second kappa shape index (κ2) is 14.9. The molecule has 3 atom stereocenters. The first-order chi connectivity index (χ1) is 16.4. The molecule has 0 spiro atoms. The maximum Gasteiger partial charge on any atom is 0.328 e. The molecule has 0 N–H and O–H groups in total. The Morgan fingerprint density at radius 1 is 1.09 bits per heavy atom. The predicted molar refractivity (Wildman–Crippen MR) is 140 cm³/mol. The van der Waals surface area contributed by atoms with E-state index in [1.54, 1.807) is 11.0 Å². The molecule has 1 aliphatic heterocycles. The third-order valence-electron chi connectivity index (χ3n) is 5.90. The van der Waals surface area contributed by atoms with E-state index in [1.807, 2.05) is 61.5 Å². The first-order valence-electron chi connectivity index (χ1n) is 12.0. The lowest BCUT2D eigenvalue weighted by molar-refractivity contribution is -0.162. The third-order valence-corrected chi connectivity index (χ3v) is 6.41. The van der Waals surface area contributed by atoms with Gasteiger partial charge in [-0.25, -0.2) is 4.79 Å². The van der Waals surface area contributed by atoms with Crippen LogP contribution in [0.25, 0.3) is 0 Å². The Morgan fingerprint density at radius 3 is 2.26 bits per heavy atom. The fourth-order valence-electron chi connectivity index (χ4n) is 4.09. The molecule has 2 aromatic rings. The van der Waals surface area contributed by atoms with E-state index in [-0.39, 0.29) is 23.8 Å². The van der Waals surface area contributed by atoms with E-state index in [9.17, 15) is 9.59 Å². The normalized spacial score (nSPS) is 18.5. The van der Waals surface area contributed by atoms with Crippen LogP contribution in [0.3, 0.4) is 0 Å². The molecule has 1 heterocycles. The Kier molecular flexibility index (Phi) is 12.2. The molecule has 6 heteroatoms. The van der Waals surface area contributed by atoms with Gasteiger partial charge in [0.05, 0.1) is 12.6 Å². The number of nitrogens with zero attached hydrogens (tertiary/aromatic N) is 1. The monoisotopic (exact) mass is 503 g/mol. The molecule has 184 valence electrons. The maximum absolute atomic E-state index is 13.2. The number of carbonyl (C=O) groups is 2. The number of rotatable bonds is 9. The first-order valence-corrected chi connectivity index (χ1v) is 12.7. The van der Waals surface area contributed by atoms with Gasteiger partial charge in [0.1, 0.15) is 6.04 Å². The van der Waals surface area contributed by atoms with Crippen LogP contribution < -0.4 is 0 Å². The molecule has 0 bridgehead atoms. The Hall–Kier alpha value is -2.30. The number of hydrogen-bond acceptors (Lipinski definition) is 3. The minimum Gasteiger partial charge on any atom is -0.464 e. The van der Waals surface area contributed by atoms with Crippen molar-refractivity contribution in [1.29, 1.82) is 0 Å². The van der Waals surface area contributed by atoms with Crippen LogP contribution in [0.5, 0.6) is 0 Å². The third kappa shape index (κ3) is 8.18. The van der Waals surface area contributed by atoms with E-state index in [4.69, 9.17) is 27.9 Å². The van der Waals surface area contributed by atoms with Gasteiger partial charge < -0.3 is 9.64 Å². The zero-order valence-electron chi connectivity index (χ0n) is 20.1. The number of halogens is 2. The minimum absolute atomic E-state index is 0.0143. The number of carbonyl (C=O) groups excluding carboxylic acids is 2. The van der Waals surface area contributed by atoms with E-state index in [0.717, 1.165) is 36.3 Å². The first kappa shape index (κ1) is 27.9. The van der Waals surface area contributed by atoms with Crippen molar-refractivity contribution in [1.82, 2.24) is 4.90 Å². The number of allylic oxidation sites excluding steroid dienone is 1. The van der Waals surface area contributed by atoms with Crippen LogP contribution in [0.15, 0.2) is 67.3 Å². The molecule has 0 aliphatic carbocycles. The van der Waals surface area contributed by atoms with Gasteiger partial charge >= 0.3 is 5.97 Å². The smallest absolute Gasteiger partial charge is 0.328 e. The number of piperidine rings is 1. The minimum atomic E-state index is -0.567. The van der Waals surface area contributed by atoms with Crippen molar-refractivity contribution in [3.05, 3.63) is 82.9 Å². The summed E-state index contributed by atoms with van der Waals surface area (Å²) in [7, 11) is 0. The number of benzene rings is 2. The van der Waals surface area contributed by atoms with E-state index in [0.29, 0.717) is 24.5 Å². The molecule has 3 rings (SSSR count). The number of unbranched alkanes of at least 4 members (excludes halogenated alkanes) is 1. The molecular weight excluding hydrogens is 469 g/mol. The van der Waals surface area contributed by atoms with Crippen LogP contribution in [0.1, 0.15) is 64.0 Å². The molecule has 1 saturated heterocycles. The molecule has 34 heavy (non-hydrogen) atoms. The summed E-state index contributed by atoms with van der Waals surface area (Å²) < 4.78 is 5.46. The summed E-state index contributed by atoms with van der Waals surface area (Å²) in [5.41, 5.74) is 1.00. The van der Waals surface area contributed by atoms with Crippen molar-refractivity contribution in [3.63, 3.8) is 0 Å². The summed E-state index contributed by atoms with van der Waals surface area (Å²) in [6, 6.07) is 16.3. The second-order valence-corrected chi connectivity index (χ2v) is 9.23. The summed E-state index contributed by atoms with van der Waals surface area (Å²) in [5, 5.41) is 1.45. The molecule has 0 saturated carbocycles. The zero-order valence-corrected chi connectivity index (χ0v) is 21.6. The van der Waals surface area contributed by atoms with Gasteiger partial charge in [-0.3, -0.25) is 4.79 Å². The van der Waals surface area contributed by atoms with Gasteiger partial charge in [-0.1, -0.05) is 79.9 Å². The molecule has 1 amide bonds. The lowest BCUT2D eigenvalue weighted by Gasteiger charge is -2.43. The second-order valence-electron chi connectivity index (χ2n) is 8.35. The SMILES string of the molecule is C=CC[C@H]1CCC(c2ccc(Cl)cc2)N(C(CC)C(=O)OCCCC)C1=O.Clc1ccccc1. The fourth-order valence-corrected chi connectivity index (χ4v) is 4.37. The number of likely N-dealkylation sites (tertiary alicyclic amines) is 1. The van der Waals surface area contributed by atoms with Crippen LogP contribution in [0, 0.1) is 5.92 Å². The summed E-state index contributed by atoms with van der Waals surface area (Å²) in [6.07, 6.45) is 6.33. The highest BCUT2D eigenvalue weighted by Gasteiger charge is 2.41. The van der Waals surface area contributed by atoms with Crippen molar-refractivity contribution >= 4 is 35.1 Å². The van der Waals surface area contributed by atoms with E-state index in [1.165, 1.54) is 0 Å². The molecule has 0 radical (unpaired) electrons. The van der Waals surface area contributed by atoms with Crippen molar-refractivity contribution < 1.29 is 14.3 Å². The summed E-state index contributed by atoms with van der Waals surface area (Å²) >= 11 is 11.6. The van der Waals surface area contributed by atoms with Gasteiger partial charge in [0.25, 0.3) is 0 Å².